The quantitative estimate of drug-likeness (QED) is 0.733. The minimum atomic E-state index is -0.0510. The van der Waals surface area contributed by atoms with Crippen molar-refractivity contribution < 1.29 is 14.3 Å². The first-order valence-electron chi connectivity index (χ1n) is 7.02. The molecule has 2 aliphatic heterocycles. The second-order valence-electron chi connectivity index (χ2n) is 5.25. The molecule has 2 heterocycles. The van der Waals surface area contributed by atoms with Crippen molar-refractivity contribution >= 4 is 28.5 Å². The molecule has 0 aromatic heterocycles. The predicted molar refractivity (Wildman–Crippen MR) is 83.5 cm³/mol. The van der Waals surface area contributed by atoms with Crippen molar-refractivity contribution in [1.29, 1.82) is 0 Å². The van der Waals surface area contributed by atoms with Gasteiger partial charge in [-0.25, -0.2) is 0 Å². The molecule has 0 unspecified atom stereocenters. The first-order valence-corrected chi connectivity index (χ1v) is 8.10. The maximum atomic E-state index is 12.4. The molecule has 4 nitrogen and oxygen atoms in total. The van der Waals surface area contributed by atoms with E-state index in [-0.39, 0.29) is 12.2 Å². The summed E-state index contributed by atoms with van der Waals surface area (Å²) in [5.41, 5.74) is 0.781. The average Bonchev–Trinajstić information content (AvgIpc) is 3.01. The fourth-order valence-corrected chi connectivity index (χ4v) is 3.37. The molecule has 0 atom stereocenters. The molecule has 3 rings (SSSR count). The van der Waals surface area contributed by atoms with Crippen molar-refractivity contribution in [3.63, 3.8) is 0 Å². The number of carbonyl (C=O) groups excluding carboxylic acids is 1. The number of halogens is 1. The van der Waals surface area contributed by atoms with Crippen LogP contribution in [-0.2, 0) is 9.47 Å². The van der Waals surface area contributed by atoms with Gasteiger partial charge in [-0.15, -0.1) is 0 Å². The highest BCUT2D eigenvalue weighted by Gasteiger charge is 2.31. The normalized spacial score (nSPS) is 21.4. The van der Waals surface area contributed by atoms with Gasteiger partial charge in [-0.1, -0.05) is 6.07 Å². The second kappa shape index (κ2) is 6.41. The Morgan fingerprint density at radius 3 is 2.55 bits per heavy atom. The van der Waals surface area contributed by atoms with E-state index in [2.05, 4.69) is 22.6 Å². The monoisotopic (exact) mass is 387 g/mol. The number of carbonyl (C=O) groups is 1. The summed E-state index contributed by atoms with van der Waals surface area (Å²) in [6.45, 7) is 2.98. The van der Waals surface area contributed by atoms with Gasteiger partial charge in [-0.2, -0.15) is 0 Å². The van der Waals surface area contributed by atoms with E-state index in [1.807, 2.05) is 29.2 Å². The predicted octanol–water partition coefficient (Wildman–Crippen LogP) is 2.52. The molecule has 2 aliphatic rings. The van der Waals surface area contributed by atoms with Crippen LogP contribution >= 0.6 is 22.6 Å². The van der Waals surface area contributed by atoms with Crippen LogP contribution < -0.4 is 0 Å². The number of hydrogen-bond acceptors (Lipinski definition) is 3. The zero-order valence-corrected chi connectivity index (χ0v) is 13.4. The van der Waals surface area contributed by atoms with Crippen molar-refractivity contribution in [3.05, 3.63) is 33.4 Å². The van der Waals surface area contributed by atoms with Crippen molar-refractivity contribution in [2.75, 3.05) is 26.3 Å². The molecule has 0 N–H and O–H groups in total. The lowest BCUT2D eigenvalue weighted by Crippen LogP contribution is -2.41. The number of nitrogens with zero attached hydrogens (tertiary/aromatic N) is 1. The molecule has 1 amide bonds. The smallest absolute Gasteiger partial charge is 0.253 e. The van der Waals surface area contributed by atoms with Gasteiger partial charge in [0.1, 0.15) is 0 Å². The Labute approximate surface area is 132 Å². The first kappa shape index (κ1) is 14.3. The topological polar surface area (TPSA) is 38.8 Å². The van der Waals surface area contributed by atoms with Gasteiger partial charge in [-0.05, 0) is 53.6 Å². The molecule has 0 aliphatic carbocycles. The summed E-state index contributed by atoms with van der Waals surface area (Å²) < 4.78 is 12.2. The molecule has 0 saturated carbocycles. The van der Waals surface area contributed by atoms with E-state index in [9.17, 15) is 4.79 Å². The summed E-state index contributed by atoms with van der Waals surface area (Å²) >= 11 is 2.23. The molecule has 0 radical (unpaired) electrons. The van der Waals surface area contributed by atoms with Crippen LogP contribution in [0, 0.1) is 9.49 Å². The van der Waals surface area contributed by atoms with E-state index in [1.54, 1.807) is 0 Å². The maximum absolute atomic E-state index is 12.4. The number of rotatable bonds is 2. The van der Waals surface area contributed by atoms with E-state index < -0.39 is 0 Å². The highest BCUT2D eigenvalue weighted by Crippen LogP contribution is 2.26. The van der Waals surface area contributed by atoms with E-state index >= 15 is 0 Å². The first-order chi connectivity index (χ1) is 9.74. The van der Waals surface area contributed by atoms with Crippen LogP contribution in [0.4, 0.5) is 0 Å². The zero-order chi connectivity index (χ0) is 13.9. The van der Waals surface area contributed by atoms with E-state index in [4.69, 9.17) is 9.47 Å². The highest BCUT2D eigenvalue weighted by molar-refractivity contribution is 14.1. The van der Waals surface area contributed by atoms with E-state index in [0.29, 0.717) is 19.1 Å². The van der Waals surface area contributed by atoms with Crippen LogP contribution in [0.5, 0.6) is 0 Å². The average molecular weight is 387 g/mol. The fourth-order valence-electron chi connectivity index (χ4n) is 2.83. The van der Waals surface area contributed by atoms with Crippen LogP contribution in [-0.4, -0.2) is 43.4 Å². The number of amides is 1. The minimum absolute atomic E-state index is 0.0510. The summed E-state index contributed by atoms with van der Waals surface area (Å²) in [6.07, 6.45) is 1.87. The van der Waals surface area contributed by atoms with Gasteiger partial charge in [0.05, 0.1) is 13.2 Å². The minimum Gasteiger partial charge on any atom is -0.350 e. The maximum Gasteiger partial charge on any atom is 0.253 e. The molecule has 20 heavy (non-hydrogen) atoms. The SMILES string of the molecule is O=C(c1cccc(I)c1)N1CCC(C2OCCO2)CC1. The second-order valence-corrected chi connectivity index (χ2v) is 6.50. The van der Waals surface area contributed by atoms with Crippen LogP contribution in [0.2, 0.25) is 0 Å². The van der Waals surface area contributed by atoms with Gasteiger partial charge < -0.3 is 14.4 Å². The molecule has 1 aromatic carbocycles. The van der Waals surface area contributed by atoms with Gasteiger partial charge in [0.2, 0.25) is 0 Å². The lowest BCUT2D eigenvalue weighted by molar-refractivity contribution is -0.0956. The summed E-state index contributed by atoms with van der Waals surface area (Å²) in [5, 5.41) is 0. The number of likely N-dealkylation sites (tertiary alicyclic amines) is 1. The lowest BCUT2D eigenvalue weighted by Gasteiger charge is -2.33. The largest absolute Gasteiger partial charge is 0.350 e. The van der Waals surface area contributed by atoms with Gasteiger partial charge >= 0.3 is 0 Å². The number of benzene rings is 1. The molecule has 2 saturated heterocycles. The summed E-state index contributed by atoms with van der Waals surface area (Å²) in [5.74, 6) is 0.563. The molecule has 0 spiro atoms. The zero-order valence-electron chi connectivity index (χ0n) is 11.3. The van der Waals surface area contributed by atoms with Crippen molar-refractivity contribution in [2.45, 2.75) is 19.1 Å². The fraction of sp³-hybridized carbons (Fsp3) is 0.533. The molecule has 1 aromatic rings. The standard InChI is InChI=1S/C15H18INO3/c16-13-3-1-2-12(10-13)14(18)17-6-4-11(5-7-17)15-19-8-9-20-15/h1-3,10-11,15H,4-9H2. The Balaban J connectivity index is 1.58. The van der Waals surface area contributed by atoms with E-state index in [1.165, 1.54) is 0 Å². The molecule has 2 fully saturated rings. The Hall–Kier alpha value is -0.660. The van der Waals surface area contributed by atoms with Gasteiger partial charge in [0, 0.05) is 28.1 Å². The Morgan fingerprint density at radius 1 is 1.20 bits per heavy atom. The molecule has 5 heteroatoms. The van der Waals surface area contributed by atoms with Gasteiger partial charge in [-0.3, -0.25) is 4.79 Å². The van der Waals surface area contributed by atoms with Crippen LogP contribution in [0.3, 0.4) is 0 Å². The summed E-state index contributed by atoms with van der Waals surface area (Å²) in [4.78, 5) is 14.4. The number of ether oxygens (including phenoxy) is 2. The van der Waals surface area contributed by atoms with Crippen molar-refractivity contribution in [1.82, 2.24) is 4.90 Å². The number of piperidine rings is 1. The molecule has 108 valence electrons. The Morgan fingerprint density at radius 2 is 1.90 bits per heavy atom. The molecular formula is C15H18INO3. The highest BCUT2D eigenvalue weighted by atomic mass is 127. The van der Waals surface area contributed by atoms with Crippen LogP contribution in [0.1, 0.15) is 23.2 Å². The van der Waals surface area contributed by atoms with Crippen molar-refractivity contribution in [2.24, 2.45) is 5.92 Å². The lowest BCUT2D eigenvalue weighted by atomic mass is 9.95. The Bertz CT molecular complexity index is 480. The van der Waals surface area contributed by atoms with E-state index in [0.717, 1.165) is 35.1 Å². The van der Waals surface area contributed by atoms with Gasteiger partial charge in [0.25, 0.3) is 5.91 Å². The number of hydrogen-bond donors (Lipinski definition) is 0. The van der Waals surface area contributed by atoms with Crippen molar-refractivity contribution in [3.8, 4) is 0 Å². The third-order valence-electron chi connectivity index (χ3n) is 3.93. The Kier molecular flexibility index (Phi) is 4.58. The van der Waals surface area contributed by atoms with Gasteiger partial charge in [0.15, 0.2) is 6.29 Å². The van der Waals surface area contributed by atoms with Crippen LogP contribution in [0.25, 0.3) is 0 Å². The summed E-state index contributed by atoms with van der Waals surface area (Å²) in [6, 6.07) is 7.76. The molecular weight excluding hydrogens is 369 g/mol. The summed E-state index contributed by atoms with van der Waals surface area (Å²) in [7, 11) is 0. The van der Waals surface area contributed by atoms with Crippen LogP contribution in [0.15, 0.2) is 24.3 Å². The molecule has 0 bridgehead atoms. The third kappa shape index (κ3) is 3.15. The third-order valence-corrected chi connectivity index (χ3v) is 4.60.